The van der Waals surface area contributed by atoms with Crippen molar-refractivity contribution in [1.82, 2.24) is 0 Å². The fourth-order valence-electron chi connectivity index (χ4n) is 2.27. The highest BCUT2D eigenvalue weighted by atomic mass is 79.9. The molecule has 1 aliphatic rings. The number of carbonyl (C=O) groups is 1. The van der Waals surface area contributed by atoms with Gasteiger partial charge in [0.2, 0.25) is 0 Å². The molecule has 0 fully saturated rings. The predicted molar refractivity (Wildman–Crippen MR) is 82.3 cm³/mol. The molecule has 1 aliphatic heterocycles. The molecule has 0 radical (unpaired) electrons. The van der Waals surface area contributed by atoms with Gasteiger partial charge in [-0.3, -0.25) is 4.79 Å². The van der Waals surface area contributed by atoms with E-state index in [2.05, 4.69) is 21.2 Å². The molecule has 1 unspecified atom stereocenters. The summed E-state index contributed by atoms with van der Waals surface area (Å²) in [5.74, 6) is 0.278. The summed E-state index contributed by atoms with van der Waals surface area (Å²) >= 11 is 3.58. The Labute approximate surface area is 130 Å². The molecule has 21 heavy (non-hydrogen) atoms. The first kappa shape index (κ1) is 14.1. The Morgan fingerprint density at radius 2 is 2.10 bits per heavy atom. The summed E-state index contributed by atoms with van der Waals surface area (Å²) in [6.07, 6.45) is 0.528. The van der Waals surface area contributed by atoms with E-state index >= 15 is 0 Å². The van der Waals surface area contributed by atoms with Gasteiger partial charge in [0, 0.05) is 4.83 Å². The van der Waals surface area contributed by atoms with Gasteiger partial charge in [0.25, 0.3) is 5.91 Å². The first-order valence-electron chi connectivity index (χ1n) is 6.57. The number of hydrogen-bond acceptors (Lipinski definition) is 2. The average molecular weight is 350 g/mol. The Kier molecular flexibility index (Phi) is 3.92. The minimum atomic E-state index is -0.212. The van der Waals surface area contributed by atoms with E-state index in [4.69, 9.17) is 4.74 Å². The third kappa shape index (κ3) is 3.08. The molecular formula is C16H13BrFNO2. The molecular weight excluding hydrogens is 337 g/mol. The van der Waals surface area contributed by atoms with Crippen LogP contribution in [0.1, 0.15) is 16.0 Å². The lowest BCUT2D eigenvalue weighted by Crippen LogP contribution is -2.25. The number of hydrogen-bond donors (Lipinski definition) is 1. The summed E-state index contributed by atoms with van der Waals surface area (Å²) in [6, 6.07) is 12.3. The first-order valence-corrected chi connectivity index (χ1v) is 7.49. The van der Waals surface area contributed by atoms with Crippen molar-refractivity contribution in [1.29, 1.82) is 0 Å². The van der Waals surface area contributed by atoms with Gasteiger partial charge in [-0.2, -0.15) is 0 Å². The van der Waals surface area contributed by atoms with Gasteiger partial charge in [-0.15, -0.1) is 0 Å². The van der Waals surface area contributed by atoms with Crippen LogP contribution in [0.4, 0.5) is 10.1 Å². The van der Waals surface area contributed by atoms with Crippen molar-refractivity contribution in [3.05, 3.63) is 59.4 Å². The van der Waals surface area contributed by atoms with Crippen molar-refractivity contribution in [3.63, 3.8) is 0 Å². The maximum absolute atomic E-state index is 13.7. The number of halogens is 2. The van der Waals surface area contributed by atoms with Crippen molar-refractivity contribution in [2.24, 2.45) is 0 Å². The third-order valence-corrected chi connectivity index (χ3v) is 4.21. The molecule has 1 atom stereocenters. The lowest BCUT2D eigenvalue weighted by atomic mass is 10.0. The summed E-state index contributed by atoms with van der Waals surface area (Å²) in [5.41, 5.74) is 2.27. The lowest BCUT2D eigenvalue weighted by Gasteiger charge is -2.20. The summed E-state index contributed by atoms with van der Waals surface area (Å²) < 4.78 is 19.0. The van der Waals surface area contributed by atoms with Crippen LogP contribution in [0.3, 0.4) is 0 Å². The average Bonchev–Trinajstić information content (AvgIpc) is 2.48. The molecule has 0 spiro atoms. The van der Waals surface area contributed by atoms with Gasteiger partial charge in [-0.1, -0.05) is 40.2 Å². The topological polar surface area (TPSA) is 38.3 Å². The van der Waals surface area contributed by atoms with E-state index in [0.29, 0.717) is 23.4 Å². The van der Waals surface area contributed by atoms with Crippen LogP contribution in [0.2, 0.25) is 0 Å². The Balaban J connectivity index is 1.82. The van der Waals surface area contributed by atoms with Crippen LogP contribution < -0.4 is 10.1 Å². The highest BCUT2D eigenvalue weighted by Crippen LogP contribution is 2.35. The minimum absolute atomic E-state index is 0.0410. The quantitative estimate of drug-likeness (QED) is 0.855. The van der Waals surface area contributed by atoms with Gasteiger partial charge in [-0.05, 0) is 35.7 Å². The first-order chi connectivity index (χ1) is 10.1. The molecule has 5 heteroatoms. The smallest absolute Gasteiger partial charge is 0.262 e. The van der Waals surface area contributed by atoms with Crippen LogP contribution in [0.5, 0.6) is 5.75 Å². The number of alkyl halides is 1. The number of fused-ring (bicyclic) bond motifs is 1. The van der Waals surface area contributed by atoms with Crippen molar-refractivity contribution in [3.8, 4) is 5.75 Å². The highest BCUT2D eigenvalue weighted by molar-refractivity contribution is 9.09. The van der Waals surface area contributed by atoms with Gasteiger partial charge >= 0.3 is 0 Å². The van der Waals surface area contributed by atoms with Crippen molar-refractivity contribution >= 4 is 27.5 Å². The van der Waals surface area contributed by atoms with E-state index in [9.17, 15) is 9.18 Å². The van der Waals surface area contributed by atoms with Crippen LogP contribution in [0.25, 0.3) is 0 Å². The molecule has 0 aromatic heterocycles. The van der Waals surface area contributed by atoms with Gasteiger partial charge in [0.05, 0.1) is 5.69 Å². The second-order valence-electron chi connectivity index (χ2n) is 4.86. The van der Waals surface area contributed by atoms with E-state index in [1.165, 1.54) is 6.07 Å². The van der Waals surface area contributed by atoms with E-state index < -0.39 is 0 Å². The Hall–Kier alpha value is -1.88. The number of rotatable bonds is 3. The van der Waals surface area contributed by atoms with Gasteiger partial charge in [0.1, 0.15) is 11.6 Å². The molecule has 3 nitrogen and oxygen atoms in total. The van der Waals surface area contributed by atoms with E-state index in [-0.39, 0.29) is 23.2 Å². The number of benzene rings is 2. The maximum Gasteiger partial charge on any atom is 0.262 e. The number of amides is 1. The van der Waals surface area contributed by atoms with Gasteiger partial charge in [-0.25, -0.2) is 4.39 Å². The molecule has 0 bridgehead atoms. The van der Waals surface area contributed by atoms with Crippen LogP contribution in [-0.2, 0) is 11.2 Å². The van der Waals surface area contributed by atoms with E-state index in [0.717, 1.165) is 5.56 Å². The Morgan fingerprint density at radius 1 is 1.29 bits per heavy atom. The molecule has 0 aliphatic carbocycles. The maximum atomic E-state index is 13.7. The van der Waals surface area contributed by atoms with Crippen LogP contribution >= 0.6 is 15.9 Å². The molecule has 0 saturated heterocycles. The van der Waals surface area contributed by atoms with Gasteiger partial charge in [0.15, 0.2) is 6.61 Å². The van der Waals surface area contributed by atoms with Crippen molar-refractivity contribution in [2.75, 3.05) is 11.9 Å². The summed E-state index contributed by atoms with van der Waals surface area (Å²) in [6.45, 7) is 0.0410. The number of ether oxygens (including phenoxy) is 1. The Morgan fingerprint density at radius 3 is 2.90 bits per heavy atom. The summed E-state index contributed by atoms with van der Waals surface area (Å²) in [7, 11) is 0. The molecule has 1 heterocycles. The van der Waals surface area contributed by atoms with Crippen molar-refractivity contribution < 1.29 is 13.9 Å². The van der Waals surface area contributed by atoms with Crippen LogP contribution in [-0.4, -0.2) is 12.5 Å². The second-order valence-corrected chi connectivity index (χ2v) is 5.96. The Bertz CT molecular complexity index is 690. The monoisotopic (exact) mass is 349 g/mol. The van der Waals surface area contributed by atoms with E-state index in [1.54, 1.807) is 12.1 Å². The zero-order valence-corrected chi connectivity index (χ0v) is 12.7. The molecule has 2 aromatic carbocycles. The number of nitrogens with one attached hydrogen (secondary N) is 1. The summed E-state index contributed by atoms with van der Waals surface area (Å²) in [4.78, 5) is 11.3. The minimum Gasteiger partial charge on any atom is -0.482 e. The fraction of sp³-hybridized carbons (Fsp3) is 0.188. The molecule has 0 saturated carbocycles. The highest BCUT2D eigenvalue weighted by Gasteiger charge is 2.18. The fourth-order valence-corrected chi connectivity index (χ4v) is 2.90. The SMILES string of the molecule is O=C1COc2ccc(C(Br)Cc3ccccc3F)cc2N1. The normalized spacial score (nSPS) is 14.9. The third-order valence-electron chi connectivity index (χ3n) is 3.36. The van der Waals surface area contributed by atoms with Crippen LogP contribution in [0, 0.1) is 5.82 Å². The second kappa shape index (κ2) is 5.85. The predicted octanol–water partition coefficient (Wildman–Crippen LogP) is 3.84. The largest absolute Gasteiger partial charge is 0.482 e. The molecule has 3 rings (SSSR count). The molecule has 1 amide bonds. The molecule has 1 N–H and O–H groups in total. The standard InChI is InChI=1S/C16H13BrFNO2/c17-12(7-11-3-1-2-4-13(11)18)10-5-6-15-14(8-10)19-16(20)9-21-15/h1-6,8,12H,7,9H2,(H,19,20). The lowest BCUT2D eigenvalue weighted by molar-refractivity contribution is -0.118. The van der Waals surface area contributed by atoms with Crippen molar-refractivity contribution in [2.45, 2.75) is 11.2 Å². The number of anilines is 1. The number of carbonyl (C=O) groups excluding carboxylic acids is 1. The van der Waals surface area contributed by atoms with Crippen LogP contribution in [0.15, 0.2) is 42.5 Å². The molecule has 108 valence electrons. The van der Waals surface area contributed by atoms with Gasteiger partial charge < -0.3 is 10.1 Å². The summed E-state index contributed by atoms with van der Waals surface area (Å²) in [5, 5.41) is 2.77. The zero-order valence-electron chi connectivity index (χ0n) is 11.1. The zero-order chi connectivity index (χ0) is 14.8. The van der Waals surface area contributed by atoms with E-state index in [1.807, 2.05) is 24.3 Å². The molecule has 2 aromatic rings.